The Bertz CT molecular complexity index is 1570. The van der Waals surface area contributed by atoms with E-state index in [1.807, 2.05) is 25.1 Å². The first kappa shape index (κ1) is 24.3. The molecule has 1 N–H and O–H groups in total. The molecule has 1 aliphatic rings. The number of hydrogen-bond acceptors (Lipinski definition) is 8. The third-order valence-corrected chi connectivity index (χ3v) is 7.27. The number of carbonyl (C=O) groups excluding carboxylic acids is 2. The van der Waals surface area contributed by atoms with E-state index < -0.39 is 17.7 Å². The lowest BCUT2D eigenvalue weighted by molar-refractivity contribution is -0.132. The maximum Gasteiger partial charge on any atom is 0.301 e. The number of rotatable bonds is 6. The number of ketones is 1. The Morgan fingerprint density at radius 3 is 2.46 bits per heavy atom. The first-order valence-electron chi connectivity index (χ1n) is 11.4. The molecule has 0 spiro atoms. The summed E-state index contributed by atoms with van der Waals surface area (Å²) in [5, 5.41) is 11.7. The predicted molar refractivity (Wildman–Crippen MR) is 142 cm³/mol. The number of aromatic nitrogens is 1. The van der Waals surface area contributed by atoms with Gasteiger partial charge in [0.25, 0.3) is 5.78 Å². The summed E-state index contributed by atoms with van der Waals surface area (Å²) in [6, 6.07) is 16.7. The fraction of sp³-hybridized carbons (Fsp3) is 0.179. The number of amides is 1. The summed E-state index contributed by atoms with van der Waals surface area (Å²) in [5.41, 5.74) is 2.62. The summed E-state index contributed by atoms with van der Waals surface area (Å²) in [6.45, 7) is 1.98. The van der Waals surface area contributed by atoms with Gasteiger partial charge in [0.05, 0.1) is 43.2 Å². The van der Waals surface area contributed by atoms with Crippen LogP contribution in [0.2, 0.25) is 0 Å². The number of thiazole rings is 1. The molecule has 1 saturated heterocycles. The van der Waals surface area contributed by atoms with Gasteiger partial charge in [-0.15, -0.1) is 0 Å². The molecule has 3 aromatic carbocycles. The Morgan fingerprint density at radius 2 is 1.73 bits per heavy atom. The van der Waals surface area contributed by atoms with Crippen molar-refractivity contribution in [3.63, 3.8) is 0 Å². The molecule has 0 unspecified atom stereocenters. The zero-order valence-corrected chi connectivity index (χ0v) is 21.5. The Morgan fingerprint density at radius 1 is 0.946 bits per heavy atom. The smallest absolute Gasteiger partial charge is 0.301 e. The number of aliphatic hydroxyl groups excluding tert-OH is 1. The second-order valence-corrected chi connectivity index (χ2v) is 9.49. The zero-order chi connectivity index (χ0) is 26.3. The molecule has 8 nitrogen and oxygen atoms in total. The normalized spacial score (nSPS) is 16.9. The summed E-state index contributed by atoms with van der Waals surface area (Å²) in [6.07, 6.45) is 0. The maximum absolute atomic E-state index is 13.5. The standard InChI is InChI=1S/C28H24N2O6S/c1-15-8-10-19-22(12-15)37-28(29-19)30-24(16-9-11-20(35-3)21(14-16)36-4)23(26(32)27(30)33)25(31)17-6-5-7-18(13-17)34-2/h5-14,24,31H,1-4H3/t24-/m1/s1. The van der Waals surface area contributed by atoms with Gasteiger partial charge in [-0.25, -0.2) is 4.98 Å². The van der Waals surface area contributed by atoms with Crippen LogP contribution in [0.3, 0.4) is 0 Å². The van der Waals surface area contributed by atoms with Crippen LogP contribution in [0.4, 0.5) is 5.13 Å². The number of Topliss-reactive ketones (excluding diaryl/α,β-unsaturated/α-hetero) is 1. The highest BCUT2D eigenvalue weighted by molar-refractivity contribution is 7.22. The van der Waals surface area contributed by atoms with Crippen molar-refractivity contribution in [1.82, 2.24) is 4.98 Å². The number of anilines is 1. The number of carbonyl (C=O) groups is 2. The highest BCUT2D eigenvalue weighted by Gasteiger charge is 2.48. The van der Waals surface area contributed by atoms with Crippen LogP contribution in [0.25, 0.3) is 16.0 Å². The lowest BCUT2D eigenvalue weighted by Gasteiger charge is -2.23. The number of benzene rings is 3. The Labute approximate surface area is 217 Å². The summed E-state index contributed by atoms with van der Waals surface area (Å²) in [4.78, 5) is 33.0. The van der Waals surface area contributed by atoms with Crippen LogP contribution in [0.15, 0.2) is 66.2 Å². The highest BCUT2D eigenvalue weighted by atomic mass is 32.1. The number of aryl methyl sites for hydroxylation is 1. The van der Waals surface area contributed by atoms with Crippen molar-refractivity contribution in [3.05, 3.63) is 82.9 Å². The van der Waals surface area contributed by atoms with Crippen molar-refractivity contribution in [2.45, 2.75) is 13.0 Å². The maximum atomic E-state index is 13.5. The van der Waals surface area contributed by atoms with Crippen LogP contribution in [0.1, 0.15) is 22.7 Å². The molecule has 2 heterocycles. The Kier molecular flexibility index (Phi) is 6.31. The summed E-state index contributed by atoms with van der Waals surface area (Å²) in [7, 11) is 4.54. The highest BCUT2D eigenvalue weighted by Crippen LogP contribution is 2.46. The van der Waals surface area contributed by atoms with Gasteiger partial charge in [-0.1, -0.05) is 35.6 Å². The molecule has 4 aromatic rings. The van der Waals surface area contributed by atoms with Gasteiger partial charge in [0.2, 0.25) is 0 Å². The number of ether oxygens (including phenoxy) is 3. The SMILES string of the molecule is COc1cccc(C(O)=C2C(=O)C(=O)N(c3nc4ccc(C)cc4s3)[C@@H]2c2ccc(OC)c(OC)c2)c1. The van der Waals surface area contributed by atoms with Gasteiger partial charge >= 0.3 is 5.91 Å². The van der Waals surface area contributed by atoms with Gasteiger partial charge in [0.15, 0.2) is 16.6 Å². The average Bonchev–Trinajstić information content (AvgIpc) is 3.45. The van der Waals surface area contributed by atoms with Crippen molar-refractivity contribution in [1.29, 1.82) is 0 Å². The molecule has 0 bridgehead atoms. The lowest BCUT2D eigenvalue weighted by atomic mass is 9.95. The Hall–Kier alpha value is -4.37. The zero-order valence-electron chi connectivity index (χ0n) is 20.6. The van der Waals surface area contributed by atoms with E-state index in [2.05, 4.69) is 4.98 Å². The average molecular weight is 517 g/mol. The molecule has 9 heteroatoms. The predicted octanol–water partition coefficient (Wildman–Crippen LogP) is 5.26. The summed E-state index contributed by atoms with van der Waals surface area (Å²) < 4.78 is 17.0. The van der Waals surface area contributed by atoms with Crippen molar-refractivity contribution in [2.75, 3.05) is 26.2 Å². The molecule has 188 valence electrons. The number of methoxy groups -OCH3 is 3. The van der Waals surface area contributed by atoms with Gasteiger partial charge in [0.1, 0.15) is 11.5 Å². The molecule has 1 atom stereocenters. The van der Waals surface area contributed by atoms with Gasteiger partial charge in [-0.2, -0.15) is 0 Å². The van der Waals surface area contributed by atoms with Crippen LogP contribution < -0.4 is 19.1 Å². The monoisotopic (exact) mass is 516 g/mol. The van der Waals surface area contributed by atoms with Crippen LogP contribution in [0, 0.1) is 6.92 Å². The third kappa shape index (κ3) is 4.17. The van der Waals surface area contributed by atoms with Gasteiger partial charge in [0, 0.05) is 5.56 Å². The lowest BCUT2D eigenvalue weighted by Crippen LogP contribution is -2.29. The van der Waals surface area contributed by atoms with Crippen LogP contribution >= 0.6 is 11.3 Å². The van der Waals surface area contributed by atoms with E-state index in [9.17, 15) is 14.7 Å². The van der Waals surface area contributed by atoms with E-state index in [0.717, 1.165) is 10.3 Å². The van der Waals surface area contributed by atoms with E-state index in [1.54, 1.807) is 42.5 Å². The molecule has 5 rings (SSSR count). The molecular formula is C28H24N2O6S. The van der Waals surface area contributed by atoms with Crippen molar-refractivity contribution in [2.24, 2.45) is 0 Å². The summed E-state index contributed by atoms with van der Waals surface area (Å²) in [5.74, 6) is -0.479. The van der Waals surface area contributed by atoms with E-state index in [-0.39, 0.29) is 11.3 Å². The fourth-order valence-electron chi connectivity index (χ4n) is 4.42. The molecule has 37 heavy (non-hydrogen) atoms. The number of nitrogens with zero attached hydrogens (tertiary/aromatic N) is 2. The van der Waals surface area contributed by atoms with Gasteiger partial charge in [-0.05, 0) is 54.4 Å². The molecule has 1 aliphatic heterocycles. The third-order valence-electron chi connectivity index (χ3n) is 6.25. The fourth-order valence-corrected chi connectivity index (χ4v) is 5.51. The van der Waals surface area contributed by atoms with Gasteiger partial charge in [-0.3, -0.25) is 14.5 Å². The van der Waals surface area contributed by atoms with E-state index in [0.29, 0.717) is 39.0 Å². The number of fused-ring (bicyclic) bond motifs is 1. The first-order valence-corrected chi connectivity index (χ1v) is 12.2. The quantitative estimate of drug-likeness (QED) is 0.212. The molecule has 0 aliphatic carbocycles. The number of hydrogen-bond donors (Lipinski definition) is 1. The van der Waals surface area contributed by atoms with Gasteiger partial charge < -0.3 is 19.3 Å². The largest absolute Gasteiger partial charge is 0.507 e. The molecule has 0 radical (unpaired) electrons. The second-order valence-electron chi connectivity index (χ2n) is 8.48. The number of aliphatic hydroxyl groups is 1. The van der Waals surface area contributed by atoms with Crippen LogP contribution in [-0.4, -0.2) is 43.1 Å². The molecule has 1 fully saturated rings. The minimum Gasteiger partial charge on any atom is -0.507 e. The molecular weight excluding hydrogens is 492 g/mol. The minimum absolute atomic E-state index is 0.0547. The summed E-state index contributed by atoms with van der Waals surface area (Å²) >= 11 is 1.31. The second kappa shape index (κ2) is 9.59. The molecule has 1 aromatic heterocycles. The van der Waals surface area contributed by atoms with Crippen LogP contribution in [-0.2, 0) is 9.59 Å². The topological polar surface area (TPSA) is 98.2 Å². The van der Waals surface area contributed by atoms with Crippen LogP contribution in [0.5, 0.6) is 17.2 Å². The minimum atomic E-state index is -0.951. The molecule has 0 saturated carbocycles. The van der Waals surface area contributed by atoms with E-state index in [1.165, 1.54) is 37.6 Å². The van der Waals surface area contributed by atoms with E-state index >= 15 is 0 Å². The molecule has 1 amide bonds. The van der Waals surface area contributed by atoms with Crippen molar-refractivity contribution >= 4 is 44.1 Å². The van der Waals surface area contributed by atoms with E-state index in [4.69, 9.17) is 14.2 Å². The van der Waals surface area contributed by atoms with Crippen molar-refractivity contribution in [3.8, 4) is 17.2 Å². The first-order chi connectivity index (χ1) is 17.9. The Balaban J connectivity index is 1.75. The van der Waals surface area contributed by atoms with Crippen molar-refractivity contribution < 1.29 is 28.9 Å².